The summed E-state index contributed by atoms with van der Waals surface area (Å²) in [5.41, 5.74) is 1.72. The third-order valence-electron chi connectivity index (χ3n) is 4.78. The molecule has 3 rings (SSSR count). The largest absolute Gasteiger partial charge is 0.310 e. The van der Waals surface area contributed by atoms with Gasteiger partial charge in [-0.05, 0) is 50.0 Å². The fraction of sp³-hybridized carbons (Fsp3) is 0.647. The van der Waals surface area contributed by atoms with E-state index in [0.717, 1.165) is 11.6 Å². The highest BCUT2D eigenvalue weighted by molar-refractivity contribution is 6.30. The van der Waals surface area contributed by atoms with Crippen molar-refractivity contribution in [2.24, 2.45) is 0 Å². The van der Waals surface area contributed by atoms with Gasteiger partial charge in [-0.25, -0.2) is 0 Å². The van der Waals surface area contributed by atoms with E-state index in [1.807, 2.05) is 6.07 Å². The second-order valence-corrected chi connectivity index (χ2v) is 6.90. The Bertz CT molecular complexity index is 440. The highest BCUT2D eigenvalue weighted by Crippen LogP contribution is 2.30. The van der Waals surface area contributed by atoms with Gasteiger partial charge in [0.25, 0.3) is 0 Å². The molecule has 1 spiro atoms. The minimum absolute atomic E-state index is 0.382. The molecule has 0 atom stereocenters. The van der Waals surface area contributed by atoms with Crippen LogP contribution in [0.2, 0.25) is 5.02 Å². The van der Waals surface area contributed by atoms with Gasteiger partial charge in [0.2, 0.25) is 0 Å². The number of hydrogen-bond acceptors (Lipinski definition) is 2. The Hall–Kier alpha value is -0.570. The van der Waals surface area contributed by atoms with Gasteiger partial charge in [0, 0.05) is 23.7 Å². The molecular weight excluding hydrogens is 268 g/mol. The van der Waals surface area contributed by atoms with E-state index in [9.17, 15) is 0 Å². The molecule has 2 nitrogen and oxygen atoms in total. The first-order valence-electron chi connectivity index (χ1n) is 7.98. The molecular formula is C17H25ClN2. The zero-order chi connectivity index (χ0) is 13.8. The van der Waals surface area contributed by atoms with Crippen molar-refractivity contribution in [3.63, 3.8) is 0 Å². The summed E-state index contributed by atoms with van der Waals surface area (Å²) in [6.07, 6.45) is 8.13. The molecule has 1 aromatic carbocycles. The zero-order valence-corrected chi connectivity index (χ0v) is 13.0. The van der Waals surface area contributed by atoms with Gasteiger partial charge < -0.3 is 5.32 Å². The molecule has 1 aromatic rings. The molecule has 1 aliphatic carbocycles. The molecule has 0 aromatic heterocycles. The van der Waals surface area contributed by atoms with Crippen LogP contribution in [0.5, 0.6) is 0 Å². The SMILES string of the molecule is Clc1cccc(CN2CCCNC3(CCCCC3)C2)c1. The molecule has 0 bridgehead atoms. The summed E-state index contributed by atoms with van der Waals surface area (Å²) in [6, 6.07) is 8.31. The Balaban J connectivity index is 1.68. The van der Waals surface area contributed by atoms with E-state index >= 15 is 0 Å². The third-order valence-corrected chi connectivity index (χ3v) is 5.02. The number of nitrogens with zero attached hydrogens (tertiary/aromatic N) is 1. The first kappa shape index (κ1) is 14.4. The van der Waals surface area contributed by atoms with E-state index in [4.69, 9.17) is 11.6 Å². The van der Waals surface area contributed by atoms with Crippen LogP contribution >= 0.6 is 11.6 Å². The maximum atomic E-state index is 6.11. The van der Waals surface area contributed by atoms with Crippen LogP contribution in [-0.2, 0) is 6.54 Å². The van der Waals surface area contributed by atoms with Crippen molar-refractivity contribution in [3.05, 3.63) is 34.9 Å². The predicted octanol–water partition coefficient (Wildman–Crippen LogP) is 3.84. The molecule has 1 saturated carbocycles. The van der Waals surface area contributed by atoms with Crippen LogP contribution in [0.1, 0.15) is 44.1 Å². The van der Waals surface area contributed by atoms with Gasteiger partial charge in [-0.15, -0.1) is 0 Å². The average Bonchev–Trinajstić information content (AvgIpc) is 2.62. The molecule has 1 aliphatic heterocycles. The molecule has 0 radical (unpaired) electrons. The van der Waals surface area contributed by atoms with Crippen LogP contribution in [0, 0.1) is 0 Å². The Morgan fingerprint density at radius 1 is 1.15 bits per heavy atom. The Morgan fingerprint density at radius 2 is 2.00 bits per heavy atom. The van der Waals surface area contributed by atoms with Crippen LogP contribution in [0.25, 0.3) is 0 Å². The van der Waals surface area contributed by atoms with Crippen molar-refractivity contribution < 1.29 is 0 Å². The molecule has 20 heavy (non-hydrogen) atoms. The number of rotatable bonds is 2. The molecule has 0 amide bonds. The van der Waals surface area contributed by atoms with Gasteiger partial charge >= 0.3 is 0 Å². The lowest BCUT2D eigenvalue weighted by Gasteiger charge is -2.40. The van der Waals surface area contributed by atoms with Crippen molar-refractivity contribution in [2.75, 3.05) is 19.6 Å². The van der Waals surface area contributed by atoms with E-state index in [1.165, 1.54) is 63.7 Å². The quantitative estimate of drug-likeness (QED) is 0.891. The lowest BCUT2D eigenvalue weighted by molar-refractivity contribution is 0.159. The average molecular weight is 293 g/mol. The molecule has 2 fully saturated rings. The maximum absolute atomic E-state index is 6.11. The van der Waals surface area contributed by atoms with Gasteiger partial charge in [0.15, 0.2) is 0 Å². The van der Waals surface area contributed by atoms with Crippen LogP contribution < -0.4 is 5.32 Å². The zero-order valence-electron chi connectivity index (χ0n) is 12.2. The number of hydrogen-bond donors (Lipinski definition) is 1. The Labute approximate surface area is 127 Å². The first-order chi connectivity index (χ1) is 9.76. The van der Waals surface area contributed by atoms with Crippen LogP contribution in [0.4, 0.5) is 0 Å². The highest BCUT2D eigenvalue weighted by Gasteiger charge is 2.34. The fourth-order valence-corrected chi connectivity index (χ4v) is 4.02. The number of nitrogens with one attached hydrogen (secondary N) is 1. The van der Waals surface area contributed by atoms with Crippen molar-refractivity contribution >= 4 is 11.6 Å². The summed E-state index contributed by atoms with van der Waals surface area (Å²) >= 11 is 6.11. The number of benzene rings is 1. The fourth-order valence-electron chi connectivity index (χ4n) is 3.81. The summed E-state index contributed by atoms with van der Waals surface area (Å²) in [5.74, 6) is 0. The van der Waals surface area contributed by atoms with Gasteiger partial charge in [0.05, 0.1) is 0 Å². The summed E-state index contributed by atoms with van der Waals surface area (Å²) in [7, 11) is 0. The smallest absolute Gasteiger partial charge is 0.0409 e. The Kier molecular flexibility index (Phi) is 4.65. The van der Waals surface area contributed by atoms with E-state index in [-0.39, 0.29) is 0 Å². The van der Waals surface area contributed by atoms with Crippen molar-refractivity contribution in [3.8, 4) is 0 Å². The second kappa shape index (κ2) is 6.46. The van der Waals surface area contributed by atoms with Gasteiger partial charge in [-0.1, -0.05) is 43.0 Å². The lowest BCUT2D eigenvalue weighted by Crippen LogP contribution is -2.52. The van der Waals surface area contributed by atoms with Gasteiger partial charge in [-0.2, -0.15) is 0 Å². The predicted molar refractivity (Wildman–Crippen MR) is 85.2 cm³/mol. The molecule has 110 valence electrons. The van der Waals surface area contributed by atoms with Crippen molar-refractivity contribution in [1.29, 1.82) is 0 Å². The molecule has 1 N–H and O–H groups in total. The minimum atomic E-state index is 0.382. The topological polar surface area (TPSA) is 15.3 Å². The number of halogens is 1. The van der Waals surface area contributed by atoms with E-state index in [2.05, 4.69) is 28.4 Å². The summed E-state index contributed by atoms with van der Waals surface area (Å²) in [4.78, 5) is 2.62. The second-order valence-electron chi connectivity index (χ2n) is 6.46. The minimum Gasteiger partial charge on any atom is -0.310 e. The monoisotopic (exact) mass is 292 g/mol. The van der Waals surface area contributed by atoms with E-state index in [0.29, 0.717) is 5.54 Å². The van der Waals surface area contributed by atoms with Crippen molar-refractivity contribution in [2.45, 2.75) is 50.6 Å². The maximum Gasteiger partial charge on any atom is 0.0409 e. The summed E-state index contributed by atoms with van der Waals surface area (Å²) in [6.45, 7) is 4.59. The normalized spacial score (nSPS) is 23.6. The first-order valence-corrected chi connectivity index (χ1v) is 8.35. The molecule has 1 heterocycles. The van der Waals surface area contributed by atoms with Crippen molar-refractivity contribution in [1.82, 2.24) is 10.2 Å². The molecule has 1 saturated heterocycles. The van der Waals surface area contributed by atoms with Gasteiger partial charge in [-0.3, -0.25) is 4.90 Å². The molecule has 3 heteroatoms. The summed E-state index contributed by atoms with van der Waals surface area (Å²) in [5, 5.41) is 4.71. The highest BCUT2D eigenvalue weighted by atomic mass is 35.5. The standard InChI is InChI=1S/C17H25ClN2/c18-16-7-4-6-15(12-16)13-20-11-5-10-19-17(14-20)8-2-1-3-9-17/h4,6-7,12,19H,1-3,5,8-11,13-14H2. The third kappa shape index (κ3) is 3.55. The lowest BCUT2D eigenvalue weighted by atomic mass is 9.81. The molecule has 0 unspecified atom stereocenters. The van der Waals surface area contributed by atoms with E-state index < -0.39 is 0 Å². The van der Waals surface area contributed by atoms with Crippen LogP contribution in [0.3, 0.4) is 0 Å². The molecule has 2 aliphatic rings. The van der Waals surface area contributed by atoms with Crippen LogP contribution in [-0.4, -0.2) is 30.1 Å². The van der Waals surface area contributed by atoms with Crippen LogP contribution in [0.15, 0.2) is 24.3 Å². The Morgan fingerprint density at radius 3 is 2.80 bits per heavy atom. The van der Waals surface area contributed by atoms with Gasteiger partial charge in [0.1, 0.15) is 0 Å². The summed E-state index contributed by atoms with van der Waals surface area (Å²) < 4.78 is 0. The van der Waals surface area contributed by atoms with E-state index in [1.54, 1.807) is 0 Å².